The molecule has 5 heteroatoms. The Hall–Kier alpha value is -2.66. The van der Waals surface area contributed by atoms with Crippen LogP contribution in [0.4, 0.5) is 5.69 Å². The van der Waals surface area contributed by atoms with Gasteiger partial charge in [0.1, 0.15) is 5.65 Å². The number of fused-ring (bicyclic) bond motifs is 2. The zero-order chi connectivity index (χ0) is 14.4. The fraction of sp³-hybridized carbons (Fsp3) is 0.125. The molecule has 5 nitrogen and oxygen atoms in total. The Morgan fingerprint density at radius 2 is 2.24 bits per heavy atom. The highest BCUT2D eigenvalue weighted by molar-refractivity contribution is 5.99. The second-order valence-corrected chi connectivity index (χ2v) is 5.15. The van der Waals surface area contributed by atoms with E-state index in [1.165, 1.54) is 0 Å². The van der Waals surface area contributed by atoms with E-state index < -0.39 is 0 Å². The standard InChI is InChI=1S/C16H13N3O2/c20-9-11-2-1-5-19-8-14(18-16(11)19)10-3-4-13-12(6-10)7-15(21)17-13/h1-6,8,20H,7,9H2,(H,17,21). The number of aromatic nitrogens is 2. The molecule has 3 heterocycles. The summed E-state index contributed by atoms with van der Waals surface area (Å²) in [5.41, 5.74) is 5.22. The van der Waals surface area contributed by atoms with Gasteiger partial charge in [0.15, 0.2) is 0 Å². The number of pyridine rings is 1. The van der Waals surface area contributed by atoms with Crippen LogP contribution in [0.5, 0.6) is 0 Å². The van der Waals surface area contributed by atoms with Gasteiger partial charge in [0.2, 0.25) is 5.91 Å². The number of nitrogens with zero attached hydrogens (tertiary/aromatic N) is 2. The molecule has 1 aliphatic rings. The number of rotatable bonds is 2. The molecule has 0 unspecified atom stereocenters. The summed E-state index contributed by atoms with van der Waals surface area (Å²) in [5.74, 6) is 0.0275. The van der Waals surface area contributed by atoms with Gasteiger partial charge < -0.3 is 14.8 Å². The maximum atomic E-state index is 11.4. The van der Waals surface area contributed by atoms with Gasteiger partial charge in [-0.15, -0.1) is 0 Å². The fourth-order valence-electron chi connectivity index (χ4n) is 2.72. The molecule has 4 rings (SSSR count). The van der Waals surface area contributed by atoms with E-state index in [1.807, 2.05) is 47.1 Å². The number of nitrogens with one attached hydrogen (secondary N) is 1. The number of anilines is 1. The van der Waals surface area contributed by atoms with Crippen LogP contribution in [0, 0.1) is 0 Å². The Morgan fingerprint density at radius 1 is 1.33 bits per heavy atom. The monoisotopic (exact) mass is 279 g/mol. The van der Waals surface area contributed by atoms with Gasteiger partial charge in [-0.1, -0.05) is 12.1 Å². The largest absolute Gasteiger partial charge is 0.392 e. The normalized spacial score (nSPS) is 13.5. The number of carbonyl (C=O) groups excluding carboxylic acids is 1. The lowest BCUT2D eigenvalue weighted by Crippen LogP contribution is -2.03. The van der Waals surface area contributed by atoms with Crippen molar-refractivity contribution in [2.75, 3.05) is 5.32 Å². The summed E-state index contributed by atoms with van der Waals surface area (Å²) >= 11 is 0. The number of carbonyl (C=O) groups is 1. The minimum atomic E-state index is -0.0383. The number of hydrogen-bond acceptors (Lipinski definition) is 3. The third-order valence-corrected chi connectivity index (χ3v) is 3.76. The molecule has 0 aliphatic carbocycles. The Labute approximate surface area is 120 Å². The minimum absolute atomic E-state index is 0.0275. The molecule has 0 saturated carbocycles. The maximum absolute atomic E-state index is 11.4. The molecular formula is C16H13N3O2. The number of hydrogen-bond donors (Lipinski definition) is 2. The molecule has 2 aromatic heterocycles. The number of amides is 1. The van der Waals surface area contributed by atoms with Crippen molar-refractivity contribution >= 4 is 17.2 Å². The molecule has 1 aliphatic heterocycles. The van der Waals surface area contributed by atoms with Crippen molar-refractivity contribution in [2.24, 2.45) is 0 Å². The van der Waals surface area contributed by atoms with Gasteiger partial charge in [-0.05, 0) is 23.8 Å². The molecule has 0 spiro atoms. The molecular weight excluding hydrogens is 266 g/mol. The second-order valence-electron chi connectivity index (χ2n) is 5.15. The number of imidazole rings is 1. The van der Waals surface area contributed by atoms with Crippen molar-refractivity contribution in [1.82, 2.24) is 9.38 Å². The number of aliphatic hydroxyl groups excluding tert-OH is 1. The van der Waals surface area contributed by atoms with Crippen LogP contribution in [-0.2, 0) is 17.8 Å². The average molecular weight is 279 g/mol. The van der Waals surface area contributed by atoms with Crippen LogP contribution in [0.1, 0.15) is 11.1 Å². The van der Waals surface area contributed by atoms with Crippen LogP contribution < -0.4 is 5.32 Å². The highest BCUT2D eigenvalue weighted by Gasteiger charge is 2.18. The van der Waals surface area contributed by atoms with E-state index in [9.17, 15) is 9.90 Å². The van der Waals surface area contributed by atoms with Crippen molar-refractivity contribution in [3.63, 3.8) is 0 Å². The van der Waals surface area contributed by atoms with Crippen molar-refractivity contribution < 1.29 is 9.90 Å². The summed E-state index contributed by atoms with van der Waals surface area (Å²) < 4.78 is 1.90. The minimum Gasteiger partial charge on any atom is -0.392 e. The van der Waals surface area contributed by atoms with E-state index in [0.717, 1.165) is 33.7 Å². The summed E-state index contributed by atoms with van der Waals surface area (Å²) in [6, 6.07) is 9.59. The highest BCUT2D eigenvalue weighted by atomic mass is 16.3. The molecule has 1 aromatic carbocycles. The highest BCUT2D eigenvalue weighted by Crippen LogP contribution is 2.29. The maximum Gasteiger partial charge on any atom is 0.228 e. The topological polar surface area (TPSA) is 66.6 Å². The average Bonchev–Trinajstić information content (AvgIpc) is 3.07. The predicted octanol–water partition coefficient (Wildman–Crippen LogP) is 1.99. The van der Waals surface area contributed by atoms with E-state index >= 15 is 0 Å². The third kappa shape index (κ3) is 1.90. The predicted molar refractivity (Wildman–Crippen MR) is 78.9 cm³/mol. The number of benzene rings is 1. The molecule has 0 bridgehead atoms. The van der Waals surface area contributed by atoms with Gasteiger partial charge in [-0.25, -0.2) is 4.98 Å². The molecule has 0 radical (unpaired) electrons. The molecule has 21 heavy (non-hydrogen) atoms. The SMILES string of the molecule is O=C1Cc2cc(-c3cn4cccc(CO)c4n3)ccc2N1. The van der Waals surface area contributed by atoms with Crippen molar-refractivity contribution in [2.45, 2.75) is 13.0 Å². The molecule has 3 aromatic rings. The summed E-state index contributed by atoms with van der Waals surface area (Å²) in [7, 11) is 0. The van der Waals surface area contributed by atoms with Crippen LogP contribution in [0.15, 0.2) is 42.7 Å². The van der Waals surface area contributed by atoms with Gasteiger partial charge in [-0.2, -0.15) is 0 Å². The zero-order valence-corrected chi connectivity index (χ0v) is 11.2. The van der Waals surface area contributed by atoms with Crippen LogP contribution >= 0.6 is 0 Å². The summed E-state index contributed by atoms with van der Waals surface area (Å²) in [4.78, 5) is 16.0. The third-order valence-electron chi connectivity index (χ3n) is 3.76. The van der Waals surface area contributed by atoms with Crippen molar-refractivity contribution in [3.05, 3.63) is 53.9 Å². The first-order chi connectivity index (χ1) is 10.2. The molecule has 0 fully saturated rings. The van der Waals surface area contributed by atoms with Crippen LogP contribution in [-0.4, -0.2) is 20.4 Å². The first kappa shape index (κ1) is 12.1. The first-order valence-corrected chi connectivity index (χ1v) is 6.75. The Morgan fingerprint density at radius 3 is 3.10 bits per heavy atom. The van der Waals surface area contributed by atoms with Gasteiger partial charge in [0.05, 0.1) is 18.7 Å². The lowest BCUT2D eigenvalue weighted by Gasteiger charge is -2.01. The molecule has 2 N–H and O–H groups in total. The quantitative estimate of drug-likeness (QED) is 0.754. The van der Waals surface area contributed by atoms with E-state index in [4.69, 9.17) is 0 Å². The Kier molecular flexibility index (Phi) is 2.55. The van der Waals surface area contributed by atoms with Crippen LogP contribution in [0.25, 0.3) is 16.9 Å². The molecule has 0 saturated heterocycles. The van der Waals surface area contributed by atoms with Gasteiger partial charge >= 0.3 is 0 Å². The number of aliphatic hydroxyl groups is 1. The Bertz CT molecular complexity index is 867. The van der Waals surface area contributed by atoms with E-state index in [-0.39, 0.29) is 12.5 Å². The lowest BCUT2D eigenvalue weighted by molar-refractivity contribution is -0.115. The van der Waals surface area contributed by atoms with E-state index in [1.54, 1.807) is 0 Å². The summed E-state index contributed by atoms with van der Waals surface area (Å²) in [6.07, 6.45) is 4.25. The molecule has 1 amide bonds. The van der Waals surface area contributed by atoms with Gasteiger partial charge in [-0.3, -0.25) is 4.79 Å². The van der Waals surface area contributed by atoms with Gasteiger partial charge in [0, 0.05) is 29.2 Å². The summed E-state index contributed by atoms with van der Waals surface area (Å²) in [5, 5.41) is 12.2. The smallest absolute Gasteiger partial charge is 0.228 e. The molecule has 0 atom stereocenters. The molecule has 104 valence electrons. The lowest BCUT2D eigenvalue weighted by atomic mass is 10.1. The van der Waals surface area contributed by atoms with Crippen LogP contribution in [0.3, 0.4) is 0 Å². The Balaban J connectivity index is 1.84. The van der Waals surface area contributed by atoms with Gasteiger partial charge in [0.25, 0.3) is 0 Å². The fourth-order valence-corrected chi connectivity index (χ4v) is 2.72. The van der Waals surface area contributed by atoms with Crippen LogP contribution in [0.2, 0.25) is 0 Å². The zero-order valence-electron chi connectivity index (χ0n) is 11.2. The van der Waals surface area contributed by atoms with Crippen molar-refractivity contribution in [3.8, 4) is 11.3 Å². The van der Waals surface area contributed by atoms with Crippen molar-refractivity contribution in [1.29, 1.82) is 0 Å². The first-order valence-electron chi connectivity index (χ1n) is 6.75. The van der Waals surface area contributed by atoms with E-state index in [0.29, 0.717) is 6.42 Å². The van der Waals surface area contributed by atoms with E-state index in [2.05, 4.69) is 10.3 Å². The second kappa shape index (κ2) is 4.43. The summed E-state index contributed by atoms with van der Waals surface area (Å²) in [6.45, 7) is -0.0383.